The van der Waals surface area contributed by atoms with E-state index in [2.05, 4.69) is 25.1 Å². The number of nitrogens with two attached hydrogens (primary N) is 1. The van der Waals surface area contributed by atoms with E-state index in [1.165, 1.54) is 18.1 Å². The first kappa shape index (κ1) is 19.8. The number of anilines is 1. The Bertz CT molecular complexity index is 1260. The van der Waals surface area contributed by atoms with Crippen molar-refractivity contribution in [2.45, 2.75) is 29.9 Å². The Morgan fingerprint density at radius 3 is 2.73 bits per heavy atom. The molecule has 0 amide bonds. The summed E-state index contributed by atoms with van der Waals surface area (Å²) in [5.41, 5.74) is 8.52. The third kappa shape index (κ3) is 3.59. The summed E-state index contributed by atoms with van der Waals surface area (Å²) in [5, 5.41) is 6.12. The molecule has 0 spiro atoms. The highest BCUT2D eigenvalue weighted by Crippen LogP contribution is 2.38. The van der Waals surface area contributed by atoms with Gasteiger partial charge < -0.3 is 24.9 Å². The summed E-state index contributed by atoms with van der Waals surface area (Å²) in [6, 6.07) is 5.55. The Labute approximate surface area is 175 Å². The Kier molecular flexibility index (Phi) is 5.36. The average molecular weight is 427 g/mol. The minimum absolute atomic E-state index is 0.130. The van der Waals surface area contributed by atoms with Gasteiger partial charge in [0.1, 0.15) is 17.8 Å². The van der Waals surface area contributed by atoms with Gasteiger partial charge in [-0.3, -0.25) is 9.89 Å². The van der Waals surface area contributed by atoms with E-state index in [1.807, 2.05) is 29.7 Å². The van der Waals surface area contributed by atoms with Crippen molar-refractivity contribution in [1.82, 2.24) is 29.7 Å². The lowest BCUT2D eigenvalue weighted by Gasteiger charge is -2.11. The van der Waals surface area contributed by atoms with Crippen LogP contribution in [0.5, 0.6) is 11.5 Å². The minimum atomic E-state index is -0.130. The van der Waals surface area contributed by atoms with Gasteiger partial charge >= 0.3 is 0 Å². The highest BCUT2D eigenvalue weighted by atomic mass is 32.2. The van der Waals surface area contributed by atoms with Gasteiger partial charge in [0.05, 0.1) is 19.1 Å². The number of ether oxygens (including phenoxy) is 2. The number of H-pyrrole nitrogens is 2. The Morgan fingerprint density at radius 2 is 2.03 bits per heavy atom. The van der Waals surface area contributed by atoms with Gasteiger partial charge in [-0.1, -0.05) is 0 Å². The number of nitrogens with one attached hydrogen (secondary N) is 2. The van der Waals surface area contributed by atoms with Gasteiger partial charge in [0.15, 0.2) is 22.1 Å². The largest absolute Gasteiger partial charge is 0.497 e. The van der Waals surface area contributed by atoms with Crippen LogP contribution in [0.4, 0.5) is 5.82 Å². The van der Waals surface area contributed by atoms with Gasteiger partial charge in [0, 0.05) is 17.8 Å². The van der Waals surface area contributed by atoms with Gasteiger partial charge in [-0.15, -0.1) is 0 Å². The van der Waals surface area contributed by atoms with Gasteiger partial charge in [0.25, 0.3) is 5.56 Å². The Morgan fingerprint density at radius 1 is 1.20 bits per heavy atom. The third-order valence-electron chi connectivity index (χ3n) is 4.77. The lowest BCUT2D eigenvalue weighted by Crippen LogP contribution is -2.11. The van der Waals surface area contributed by atoms with E-state index in [-0.39, 0.29) is 5.56 Å². The van der Waals surface area contributed by atoms with Crippen molar-refractivity contribution in [3.63, 3.8) is 0 Å². The van der Waals surface area contributed by atoms with E-state index < -0.39 is 0 Å². The molecule has 156 valence electrons. The molecule has 30 heavy (non-hydrogen) atoms. The number of methoxy groups -OCH3 is 2. The summed E-state index contributed by atoms with van der Waals surface area (Å²) >= 11 is 1.40. The van der Waals surface area contributed by atoms with Crippen LogP contribution in [-0.2, 0) is 13.0 Å². The molecule has 10 nitrogen and oxygen atoms in total. The first-order valence-electron chi connectivity index (χ1n) is 9.14. The third-order valence-corrected chi connectivity index (χ3v) is 5.81. The molecule has 0 unspecified atom stereocenters. The molecule has 0 radical (unpaired) electrons. The van der Waals surface area contributed by atoms with Crippen LogP contribution in [0, 0.1) is 6.92 Å². The average Bonchev–Trinajstić information content (AvgIpc) is 3.26. The second kappa shape index (κ2) is 8.11. The molecule has 0 aliphatic heterocycles. The molecule has 0 aliphatic carbocycles. The van der Waals surface area contributed by atoms with Crippen LogP contribution in [0.3, 0.4) is 0 Å². The summed E-state index contributed by atoms with van der Waals surface area (Å²) in [6.45, 7) is 2.35. The highest BCUT2D eigenvalue weighted by Gasteiger charge is 2.19. The quantitative estimate of drug-likeness (QED) is 0.408. The van der Waals surface area contributed by atoms with Crippen LogP contribution in [0.2, 0.25) is 0 Å². The number of rotatable bonds is 7. The van der Waals surface area contributed by atoms with E-state index in [1.54, 1.807) is 14.2 Å². The maximum atomic E-state index is 12.1. The van der Waals surface area contributed by atoms with Crippen molar-refractivity contribution in [1.29, 1.82) is 0 Å². The van der Waals surface area contributed by atoms with Gasteiger partial charge in [0.2, 0.25) is 0 Å². The number of benzene rings is 1. The van der Waals surface area contributed by atoms with Crippen molar-refractivity contribution < 1.29 is 9.47 Å². The monoisotopic (exact) mass is 427 g/mol. The molecular weight excluding hydrogens is 406 g/mol. The van der Waals surface area contributed by atoms with Crippen LogP contribution < -0.4 is 20.8 Å². The molecule has 0 atom stereocenters. The number of nitrogen functional groups attached to an aromatic ring is 1. The van der Waals surface area contributed by atoms with E-state index in [0.29, 0.717) is 52.2 Å². The summed E-state index contributed by atoms with van der Waals surface area (Å²) < 4.78 is 12.8. The zero-order valence-corrected chi connectivity index (χ0v) is 17.5. The number of hydrogen-bond acceptors (Lipinski definition) is 8. The first-order chi connectivity index (χ1) is 14.5. The molecule has 3 heterocycles. The standard InChI is InChI=1S/C19H21N7O3S/c1-10-12(18(27)25-24-10)6-7-26-17-15(16(20)21-9-22-17)23-19(26)30-14-8-11(28-2)4-5-13(14)29-3/h4-5,8-9H,6-7H2,1-3H3,(H2,20,21,22)(H2,24,25,27). The number of hydrogen-bond donors (Lipinski definition) is 3. The number of imidazole rings is 1. The lowest BCUT2D eigenvalue weighted by atomic mass is 10.2. The predicted octanol–water partition coefficient (Wildman–Crippen LogP) is 2.14. The topological polar surface area (TPSA) is 137 Å². The van der Waals surface area contributed by atoms with Crippen LogP contribution in [-0.4, -0.2) is 43.9 Å². The maximum Gasteiger partial charge on any atom is 0.267 e. The summed E-state index contributed by atoms with van der Waals surface area (Å²) in [4.78, 5) is 26.0. The SMILES string of the molecule is COc1ccc(OC)c(Sc2nc3c(N)ncnc3n2CCc2c(C)[nH][nH]c2=O)c1. The summed E-state index contributed by atoms with van der Waals surface area (Å²) in [7, 11) is 3.22. The molecule has 4 rings (SSSR count). The molecule has 0 aliphatic rings. The second-order valence-electron chi connectivity index (χ2n) is 6.53. The maximum absolute atomic E-state index is 12.1. The van der Waals surface area contributed by atoms with Crippen LogP contribution in [0.25, 0.3) is 11.2 Å². The molecular formula is C19H21N7O3S. The first-order valence-corrected chi connectivity index (χ1v) is 9.96. The van der Waals surface area contributed by atoms with E-state index in [9.17, 15) is 4.79 Å². The van der Waals surface area contributed by atoms with Gasteiger partial charge in [-0.25, -0.2) is 15.0 Å². The minimum Gasteiger partial charge on any atom is -0.497 e. The zero-order valence-electron chi connectivity index (χ0n) is 16.7. The molecule has 1 aromatic carbocycles. The van der Waals surface area contributed by atoms with Gasteiger partial charge in [-0.05, 0) is 43.3 Å². The fraction of sp³-hybridized carbons (Fsp3) is 0.263. The number of aromatic nitrogens is 6. The fourth-order valence-corrected chi connectivity index (χ4v) is 4.22. The zero-order chi connectivity index (χ0) is 21.3. The summed E-state index contributed by atoms with van der Waals surface area (Å²) in [6.07, 6.45) is 1.91. The van der Waals surface area contributed by atoms with E-state index in [4.69, 9.17) is 15.2 Å². The molecule has 11 heteroatoms. The van der Waals surface area contributed by atoms with Gasteiger partial charge in [-0.2, -0.15) is 0 Å². The lowest BCUT2D eigenvalue weighted by molar-refractivity contribution is 0.394. The van der Waals surface area contributed by atoms with Crippen LogP contribution in [0.15, 0.2) is 39.4 Å². The van der Waals surface area contributed by atoms with Crippen LogP contribution in [0.1, 0.15) is 11.3 Å². The molecule has 0 fully saturated rings. The number of nitrogens with zero attached hydrogens (tertiary/aromatic N) is 4. The molecule has 4 aromatic rings. The summed E-state index contributed by atoms with van der Waals surface area (Å²) in [5.74, 6) is 1.69. The molecule has 0 saturated heterocycles. The highest BCUT2D eigenvalue weighted by molar-refractivity contribution is 7.99. The van der Waals surface area contributed by atoms with Crippen LogP contribution >= 0.6 is 11.8 Å². The molecule has 3 aromatic heterocycles. The molecule has 0 saturated carbocycles. The molecule has 4 N–H and O–H groups in total. The number of fused-ring (bicyclic) bond motifs is 1. The Hall–Kier alpha value is -3.47. The number of aryl methyl sites for hydroxylation is 2. The van der Waals surface area contributed by atoms with Crippen molar-refractivity contribution >= 4 is 28.7 Å². The molecule has 0 bridgehead atoms. The van der Waals surface area contributed by atoms with Crippen molar-refractivity contribution in [2.75, 3.05) is 20.0 Å². The normalized spacial score (nSPS) is 11.2. The fourth-order valence-electron chi connectivity index (χ4n) is 3.17. The second-order valence-corrected chi connectivity index (χ2v) is 7.54. The Balaban J connectivity index is 1.77. The number of aromatic amines is 2. The van der Waals surface area contributed by atoms with E-state index in [0.717, 1.165) is 10.6 Å². The van der Waals surface area contributed by atoms with Crippen molar-refractivity contribution in [3.05, 3.63) is 46.1 Å². The van der Waals surface area contributed by atoms with Crippen molar-refractivity contribution in [2.24, 2.45) is 0 Å². The van der Waals surface area contributed by atoms with E-state index >= 15 is 0 Å². The smallest absolute Gasteiger partial charge is 0.267 e. The predicted molar refractivity (Wildman–Crippen MR) is 113 cm³/mol. The van der Waals surface area contributed by atoms with Crippen molar-refractivity contribution in [3.8, 4) is 11.5 Å².